The van der Waals surface area contributed by atoms with E-state index in [0.29, 0.717) is 17.7 Å². The van der Waals surface area contributed by atoms with E-state index in [1.807, 2.05) is 6.07 Å². The topological polar surface area (TPSA) is 49.3 Å². The standard InChI is InChI=1S/C19H24N4OS/c1-22(19-21-20-13-25-19)11-14-7-8-23(12-14)18(24)17-9-16(10-17)15-5-3-2-4-6-15/h2-6,13-14,16-17H,7-12H2,1H3. The average molecular weight is 356 g/mol. The number of carbonyl (C=O) groups is 1. The molecule has 1 aliphatic heterocycles. The van der Waals surface area contributed by atoms with Gasteiger partial charge in [-0.05, 0) is 36.7 Å². The van der Waals surface area contributed by atoms with Gasteiger partial charge in [-0.2, -0.15) is 0 Å². The van der Waals surface area contributed by atoms with Crippen LogP contribution < -0.4 is 4.90 Å². The number of rotatable bonds is 5. The maximum absolute atomic E-state index is 12.8. The number of hydrogen-bond acceptors (Lipinski definition) is 5. The summed E-state index contributed by atoms with van der Waals surface area (Å²) in [6.07, 6.45) is 3.10. The van der Waals surface area contributed by atoms with E-state index >= 15 is 0 Å². The summed E-state index contributed by atoms with van der Waals surface area (Å²) in [5.41, 5.74) is 3.14. The number of anilines is 1. The summed E-state index contributed by atoms with van der Waals surface area (Å²) in [6.45, 7) is 2.73. The Morgan fingerprint density at radius 2 is 2.12 bits per heavy atom. The van der Waals surface area contributed by atoms with Crippen LogP contribution in [0.2, 0.25) is 0 Å². The minimum atomic E-state index is 0.227. The summed E-state index contributed by atoms with van der Waals surface area (Å²) >= 11 is 1.56. The fraction of sp³-hybridized carbons (Fsp3) is 0.526. The Hall–Kier alpha value is -1.95. The first-order chi connectivity index (χ1) is 12.2. The fourth-order valence-electron chi connectivity index (χ4n) is 4.06. The molecular formula is C19H24N4OS. The van der Waals surface area contributed by atoms with Gasteiger partial charge in [-0.3, -0.25) is 4.79 Å². The Morgan fingerprint density at radius 3 is 2.84 bits per heavy atom. The molecule has 2 fully saturated rings. The lowest BCUT2D eigenvalue weighted by atomic mass is 9.71. The highest BCUT2D eigenvalue weighted by Crippen LogP contribution is 2.42. The molecule has 25 heavy (non-hydrogen) atoms. The molecule has 132 valence electrons. The molecule has 2 aliphatic rings. The van der Waals surface area contributed by atoms with Crippen molar-refractivity contribution in [2.45, 2.75) is 25.2 Å². The van der Waals surface area contributed by atoms with Crippen molar-refractivity contribution >= 4 is 22.4 Å². The molecule has 1 unspecified atom stereocenters. The van der Waals surface area contributed by atoms with Crippen molar-refractivity contribution in [3.8, 4) is 0 Å². The molecule has 1 aromatic carbocycles. The number of aromatic nitrogens is 2. The molecule has 1 saturated heterocycles. The SMILES string of the molecule is CN(CC1CCN(C(=O)C2CC(c3ccccc3)C2)C1)c1nncs1. The highest BCUT2D eigenvalue weighted by molar-refractivity contribution is 7.13. The van der Waals surface area contributed by atoms with Gasteiger partial charge in [-0.15, -0.1) is 10.2 Å². The van der Waals surface area contributed by atoms with E-state index in [2.05, 4.69) is 51.3 Å². The summed E-state index contributed by atoms with van der Waals surface area (Å²) in [7, 11) is 2.06. The van der Waals surface area contributed by atoms with Crippen LogP contribution in [0.1, 0.15) is 30.7 Å². The van der Waals surface area contributed by atoms with E-state index in [0.717, 1.165) is 44.0 Å². The number of benzene rings is 1. The normalized spacial score (nSPS) is 25.6. The molecule has 6 heteroatoms. The zero-order valence-corrected chi connectivity index (χ0v) is 15.4. The molecule has 1 aliphatic carbocycles. The Balaban J connectivity index is 1.26. The number of hydrogen-bond donors (Lipinski definition) is 0. The van der Waals surface area contributed by atoms with Crippen LogP contribution in [0.25, 0.3) is 0 Å². The molecule has 1 atom stereocenters. The van der Waals surface area contributed by atoms with E-state index in [1.54, 1.807) is 16.8 Å². The predicted octanol–water partition coefficient (Wildman–Crippen LogP) is 3.02. The van der Waals surface area contributed by atoms with Crippen molar-refractivity contribution in [1.82, 2.24) is 15.1 Å². The van der Waals surface area contributed by atoms with Crippen LogP contribution in [-0.2, 0) is 4.79 Å². The van der Waals surface area contributed by atoms with E-state index in [-0.39, 0.29) is 5.92 Å². The lowest BCUT2D eigenvalue weighted by molar-refractivity contribution is -0.137. The summed E-state index contributed by atoms with van der Waals surface area (Å²) in [4.78, 5) is 17.0. The van der Waals surface area contributed by atoms with Gasteiger partial charge >= 0.3 is 0 Å². The highest BCUT2D eigenvalue weighted by Gasteiger charge is 2.39. The molecule has 0 bridgehead atoms. The third kappa shape index (κ3) is 3.54. The van der Waals surface area contributed by atoms with Crippen molar-refractivity contribution in [3.63, 3.8) is 0 Å². The smallest absolute Gasteiger partial charge is 0.225 e. The first-order valence-corrected chi connectivity index (χ1v) is 9.89. The van der Waals surface area contributed by atoms with Crippen molar-refractivity contribution in [1.29, 1.82) is 0 Å². The van der Waals surface area contributed by atoms with Gasteiger partial charge in [0.1, 0.15) is 5.51 Å². The molecule has 4 rings (SSSR count). The van der Waals surface area contributed by atoms with Crippen LogP contribution >= 0.6 is 11.3 Å². The third-order valence-electron chi connectivity index (χ3n) is 5.56. The minimum Gasteiger partial charge on any atom is -0.349 e. The summed E-state index contributed by atoms with van der Waals surface area (Å²) in [5, 5.41) is 8.96. The van der Waals surface area contributed by atoms with Gasteiger partial charge in [0.05, 0.1) is 0 Å². The summed E-state index contributed by atoms with van der Waals surface area (Å²) < 4.78 is 0. The predicted molar refractivity (Wildman–Crippen MR) is 99.8 cm³/mol. The van der Waals surface area contributed by atoms with E-state index in [9.17, 15) is 4.79 Å². The number of carbonyl (C=O) groups excluding carboxylic acids is 1. The van der Waals surface area contributed by atoms with Crippen molar-refractivity contribution in [2.75, 3.05) is 31.6 Å². The van der Waals surface area contributed by atoms with Crippen LogP contribution in [0.5, 0.6) is 0 Å². The largest absolute Gasteiger partial charge is 0.349 e. The van der Waals surface area contributed by atoms with Gasteiger partial charge in [0.15, 0.2) is 0 Å². The van der Waals surface area contributed by atoms with Crippen LogP contribution in [0.15, 0.2) is 35.8 Å². The maximum atomic E-state index is 12.8. The molecule has 0 radical (unpaired) electrons. The molecule has 5 nitrogen and oxygen atoms in total. The van der Waals surface area contributed by atoms with Crippen LogP contribution in [0, 0.1) is 11.8 Å². The summed E-state index contributed by atoms with van der Waals surface area (Å²) in [5.74, 6) is 1.69. The van der Waals surface area contributed by atoms with Gasteiger partial charge < -0.3 is 9.80 Å². The first-order valence-electron chi connectivity index (χ1n) is 9.01. The molecule has 2 heterocycles. The summed E-state index contributed by atoms with van der Waals surface area (Å²) in [6, 6.07) is 10.6. The van der Waals surface area contributed by atoms with Gasteiger partial charge in [-0.1, -0.05) is 41.7 Å². The van der Waals surface area contributed by atoms with Crippen LogP contribution in [-0.4, -0.2) is 47.7 Å². The second-order valence-electron chi connectivity index (χ2n) is 7.32. The minimum absolute atomic E-state index is 0.227. The van der Waals surface area contributed by atoms with E-state index in [4.69, 9.17) is 0 Å². The zero-order valence-electron chi connectivity index (χ0n) is 14.5. The number of nitrogens with zero attached hydrogens (tertiary/aromatic N) is 4. The average Bonchev–Trinajstić information content (AvgIpc) is 3.26. The Bertz CT molecular complexity index is 699. The number of likely N-dealkylation sites (tertiary alicyclic amines) is 1. The van der Waals surface area contributed by atoms with Gasteiger partial charge in [0, 0.05) is 32.6 Å². The molecule has 0 N–H and O–H groups in total. The Morgan fingerprint density at radius 1 is 1.32 bits per heavy atom. The maximum Gasteiger partial charge on any atom is 0.225 e. The lowest BCUT2D eigenvalue weighted by Gasteiger charge is -2.37. The van der Waals surface area contributed by atoms with Crippen molar-refractivity contribution in [2.24, 2.45) is 11.8 Å². The van der Waals surface area contributed by atoms with Crippen LogP contribution in [0.4, 0.5) is 5.13 Å². The monoisotopic (exact) mass is 356 g/mol. The second-order valence-corrected chi connectivity index (χ2v) is 8.13. The molecule has 1 amide bonds. The third-order valence-corrected chi connectivity index (χ3v) is 6.37. The number of amides is 1. The van der Waals surface area contributed by atoms with Gasteiger partial charge in [-0.25, -0.2) is 0 Å². The van der Waals surface area contributed by atoms with Crippen molar-refractivity contribution in [3.05, 3.63) is 41.4 Å². The molecular weight excluding hydrogens is 332 g/mol. The van der Waals surface area contributed by atoms with Gasteiger partial charge in [0.25, 0.3) is 0 Å². The lowest BCUT2D eigenvalue weighted by Crippen LogP contribution is -2.40. The zero-order chi connectivity index (χ0) is 17.2. The van der Waals surface area contributed by atoms with Crippen molar-refractivity contribution < 1.29 is 4.79 Å². The molecule has 1 aromatic heterocycles. The van der Waals surface area contributed by atoms with Gasteiger partial charge in [0.2, 0.25) is 11.0 Å². The quantitative estimate of drug-likeness (QED) is 0.826. The second kappa shape index (κ2) is 7.12. The van der Waals surface area contributed by atoms with E-state index < -0.39 is 0 Å². The van der Waals surface area contributed by atoms with E-state index in [1.165, 1.54) is 5.56 Å². The first kappa shape index (κ1) is 16.5. The Labute approximate surface area is 152 Å². The fourth-order valence-corrected chi connectivity index (χ4v) is 4.59. The molecule has 2 aromatic rings. The Kier molecular flexibility index (Phi) is 4.70. The molecule has 0 spiro atoms. The molecule has 1 saturated carbocycles. The highest BCUT2D eigenvalue weighted by atomic mass is 32.1. The van der Waals surface area contributed by atoms with Crippen LogP contribution in [0.3, 0.4) is 0 Å².